The fourth-order valence-electron chi connectivity index (χ4n) is 1.66. The van der Waals surface area contributed by atoms with Crippen molar-refractivity contribution in [1.82, 2.24) is 10.9 Å². The van der Waals surface area contributed by atoms with Gasteiger partial charge in [0.15, 0.2) is 0 Å². The SMILES string of the molecule is O=C(CC(=O)N/N=C\c1ccccc1)N/N=C\c1ccccc1. The van der Waals surface area contributed by atoms with Gasteiger partial charge in [0.1, 0.15) is 6.42 Å². The molecule has 116 valence electrons. The van der Waals surface area contributed by atoms with Gasteiger partial charge in [0.25, 0.3) is 0 Å². The van der Waals surface area contributed by atoms with E-state index in [9.17, 15) is 9.59 Å². The summed E-state index contributed by atoms with van der Waals surface area (Å²) in [4.78, 5) is 23.1. The van der Waals surface area contributed by atoms with E-state index in [1.54, 1.807) is 0 Å². The van der Waals surface area contributed by atoms with Crippen LogP contribution in [0.25, 0.3) is 0 Å². The van der Waals surface area contributed by atoms with Crippen molar-refractivity contribution in [3.8, 4) is 0 Å². The fourth-order valence-corrected chi connectivity index (χ4v) is 1.66. The molecule has 0 aliphatic rings. The normalized spacial score (nSPS) is 10.8. The second-order valence-corrected chi connectivity index (χ2v) is 4.58. The topological polar surface area (TPSA) is 82.9 Å². The first-order valence-electron chi connectivity index (χ1n) is 6.98. The zero-order valence-electron chi connectivity index (χ0n) is 12.3. The van der Waals surface area contributed by atoms with Crippen LogP contribution >= 0.6 is 0 Å². The maximum Gasteiger partial charge on any atom is 0.249 e. The predicted molar refractivity (Wildman–Crippen MR) is 89.0 cm³/mol. The van der Waals surface area contributed by atoms with E-state index in [2.05, 4.69) is 21.1 Å². The molecule has 6 heteroatoms. The van der Waals surface area contributed by atoms with Crippen molar-refractivity contribution in [2.45, 2.75) is 6.42 Å². The van der Waals surface area contributed by atoms with Crippen LogP contribution in [0.3, 0.4) is 0 Å². The van der Waals surface area contributed by atoms with Crippen molar-refractivity contribution in [1.29, 1.82) is 0 Å². The molecule has 0 bridgehead atoms. The van der Waals surface area contributed by atoms with Gasteiger partial charge in [-0.3, -0.25) is 9.59 Å². The number of carbonyl (C=O) groups excluding carboxylic acids is 2. The number of nitrogens with zero attached hydrogens (tertiary/aromatic N) is 2. The van der Waals surface area contributed by atoms with Crippen molar-refractivity contribution in [3.05, 3.63) is 71.8 Å². The number of benzene rings is 2. The molecule has 0 aliphatic heterocycles. The second kappa shape index (κ2) is 8.89. The molecule has 0 aliphatic carbocycles. The molecule has 0 atom stereocenters. The van der Waals surface area contributed by atoms with E-state index < -0.39 is 11.8 Å². The molecular formula is C17H16N4O2. The quantitative estimate of drug-likeness (QED) is 0.483. The zero-order chi connectivity index (χ0) is 16.3. The maximum absolute atomic E-state index is 11.5. The van der Waals surface area contributed by atoms with E-state index in [4.69, 9.17) is 0 Å². The van der Waals surface area contributed by atoms with Gasteiger partial charge in [-0.15, -0.1) is 0 Å². The summed E-state index contributed by atoms with van der Waals surface area (Å²) in [6.45, 7) is 0. The van der Waals surface area contributed by atoms with Crippen molar-refractivity contribution >= 4 is 24.2 Å². The van der Waals surface area contributed by atoms with Gasteiger partial charge in [0, 0.05) is 0 Å². The van der Waals surface area contributed by atoms with Crippen LogP contribution in [0, 0.1) is 0 Å². The van der Waals surface area contributed by atoms with Crippen LogP contribution in [0.2, 0.25) is 0 Å². The largest absolute Gasteiger partial charge is 0.273 e. The van der Waals surface area contributed by atoms with Gasteiger partial charge in [-0.25, -0.2) is 10.9 Å². The Kier molecular flexibility index (Phi) is 6.22. The monoisotopic (exact) mass is 308 g/mol. The first-order chi connectivity index (χ1) is 11.2. The standard InChI is InChI=1S/C17H16N4O2/c22-16(20-18-12-14-7-3-1-4-8-14)11-17(23)21-19-13-15-9-5-2-6-10-15/h1-10,12-13H,11H2,(H,20,22)(H,21,23)/b18-12-,19-13-. The van der Waals surface area contributed by atoms with Crippen LogP contribution in [0.4, 0.5) is 0 Å². The van der Waals surface area contributed by atoms with Gasteiger partial charge in [-0.05, 0) is 11.1 Å². The lowest BCUT2D eigenvalue weighted by atomic mass is 10.2. The molecule has 2 rings (SSSR count). The molecule has 2 N–H and O–H groups in total. The lowest BCUT2D eigenvalue weighted by Crippen LogP contribution is -2.27. The Morgan fingerprint density at radius 3 is 1.52 bits per heavy atom. The van der Waals surface area contributed by atoms with E-state index in [1.165, 1.54) is 12.4 Å². The molecule has 0 saturated carbocycles. The Balaban J connectivity index is 1.71. The van der Waals surface area contributed by atoms with Gasteiger partial charge in [-0.1, -0.05) is 60.7 Å². The van der Waals surface area contributed by atoms with E-state index in [0.29, 0.717) is 0 Å². The molecule has 0 heterocycles. The molecule has 0 fully saturated rings. The Labute approximate surface area is 133 Å². The fraction of sp³-hybridized carbons (Fsp3) is 0.0588. The summed E-state index contributed by atoms with van der Waals surface area (Å²) in [5, 5.41) is 7.56. The van der Waals surface area contributed by atoms with E-state index in [0.717, 1.165) is 11.1 Å². The van der Waals surface area contributed by atoms with Crippen LogP contribution in [-0.2, 0) is 9.59 Å². The Morgan fingerprint density at radius 1 is 0.739 bits per heavy atom. The average Bonchev–Trinajstić information content (AvgIpc) is 2.57. The summed E-state index contributed by atoms with van der Waals surface area (Å²) < 4.78 is 0. The second-order valence-electron chi connectivity index (χ2n) is 4.58. The number of rotatable bonds is 6. The number of amides is 2. The molecule has 0 aromatic heterocycles. The summed E-state index contributed by atoms with van der Waals surface area (Å²) >= 11 is 0. The third-order valence-electron chi connectivity index (χ3n) is 2.73. The minimum absolute atomic E-state index is 0.349. The van der Waals surface area contributed by atoms with Crippen LogP contribution in [0.1, 0.15) is 17.5 Å². The third-order valence-corrected chi connectivity index (χ3v) is 2.73. The zero-order valence-corrected chi connectivity index (χ0v) is 12.3. The van der Waals surface area contributed by atoms with Gasteiger partial charge in [0.05, 0.1) is 12.4 Å². The number of hydrogen-bond acceptors (Lipinski definition) is 4. The molecule has 6 nitrogen and oxygen atoms in total. The van der Waals surface area contributed by atoms with Gasteiger partial charge in [0.2, 0.25) is 11.8 Å². The van der Waals surface area contributed by atoms with E-state index >= 15 is 0 Å². The van der Waals surface area contributed by atoms with Crippen LogP contribution in [-0.4, -0.2) is 24.2 Å². The third kappa shape index (κ3) is 6.34. The first kappa shape index (κ1) is 16.1. The molecule has 0 radical (unpaired) electrons. The summed E-state index contributed by atoms with van der Waals surface area (Å²) in [5.74, 6) is -1.02. The Morgan fingerprint density at radius 2 is 1.13 bits per heavy atom. The van der Waals surface area contributed by atoms with Crippen LogP contribution < -0.4 is 10.9 Å². The van der Waals surface area contributed by atoms with Crippen molar-refractivity contribution in [3.63, 3.8) is 0 Å². The number of hydrazone groups is 2. The highest BCUT2D eigenvalue weighted by Gasteiger charge is 2.07. The summed E-state index contributed by atoms with van der Waals surface area (Å²) in [6, 6.07) is 18.6. The molecule has 2 aromatic carbocycles. The van der Waals surface area contributed by atoms with Crippen molar-refractivity contribution in [2.75, 3.05) is 0 Å². The summed E-state index contributed by atoms with van der Waals surface area (Å²) in [6.07, 6.45) is 2.66. The van der Waals surface area contributed by atoms with Gasteiger partial charge >= 0.3 is 0 Å². The van der Waals surface area contributed by atoms with Crippen molar-refractivity contribution < 1.29 is 9.59 Å². The minimum Gasteiger partial charge on any atom is -0.273 e. The smallest absolute Gasteiger partial charge is 0.249 e. The number of nitrogens with one attached hydrogen (secondary N) is 2. The highest BCUT2D eigenvalue weighted by atomic mass is 16.2. The van der Waals surface area contributed by atoms with E-state index in [-0.39, 0.29) is 6.42 Å². The summed E-state index contributed by atoms with van der Waals surface area (Å²) in [5.41, 5.74) is 6.28. The maximum atomic E-state index is 11.5. The Bertz CT molecular complexity index is 636. The highest BCUT2D eigenvalue weighted by molar-refractivity contribution is 5.97. The molecule has 0 spiro atoms. The Hall–Kier alpha value is -3.28. The van der Waals surface area contributed by atoms with Gasteiger partial charge < -0.3 is 0 Å². The highest BCUT2D eigenvalue weighted by Crippen LogP contribution is 1.94. The van der Waals surface area contributed by atoms with Gasteiger partial charge in [-0.2, -0.15) is 10.2 Å². The molecule has 0 saturated heterocycles. The molecule has 23 heavy (non-hydrogen) atoms. The van der Waals surface area contributed by atoms with Crippen LogP contribution in [0.5, 0.6) is 0 Å². The van der Waals surface area contributed by atoms with Crippen LogP contribution in [0.15, 0.2) is 70.9 Å². The number of carbonyl (C=O) groups is 2. The van der Waals surface area contributed by atoms with Crippen molar-refractivity contribution in [2.24, 2.45) is 10.2 Å². The lowest BCUT2D eigenvalue weighted by Gasteiger charge is -1.99. The lowest BCUT2D eigenvalue weighted by molar-refractivity contribution is -0.129. The average molecular weight is 308 g/mol. The molecule has 2 aromatic rings. The molecule has 2 amide bonds. The predicted octanol–water partition coefficient (Wildman–Crippen LogP) is 1.68. The number of hydrogen-bond donors (Lipinski definition) is 2. The minimum atomic E-state index is -0.510. The first-order valence-corrected chi connectivity index (χ1v) is 6.98. The molecular weight excluding hydrogens is 292 g/mol. The van der Waals surface area contributed by atoms with E-state index in [1.807, 2.05) is 60.7 Å². The molecule has 0 unspecified atom stereocenters. The summed E-state index contributed by atoms with van der Waals surface area (Å²) in [7, 11) is 0.